The first-order valence-electron chi connectivity index (χ1n) is 2.33. The van der Waals surface area contributed by atoms with Crippen LogP contribution in [0.3, 0.4) is 0 Å². The van der Waals surface area contributed by atoms with Crippen molar-refractivity contribution in [3.8, 4) is 0 Å². The van der Waals surface area contributed by atoms with Crippen molar-refractivity contribution in [1.29, 1.82) is 0 Å². The Morgan fingerprint density at radius 3 is 2.11 bits per heavy atom. The first-order valence-corrected chi connectivity index (χ1v) is 2.33. The third-order valence-corrected chi connectivity index (χ3v) is 0.795. The Labute approximate surface area is 52.9 Å². The molecule has 0 aliphatic heterocycles. The molecule has 0 spiro atoms. The lowest BCUT2D eigenvalue weighted by molar-refractivity contribution is -0.131. The minimum absolute atomic E-state index is 0.211. The van der Waals surface area contributed by atoms with Crippen LogP contribution in [-0.2, 0) is 4.79 Å². The van der Waals surface area contributed by atoms with E-state index in [4.69, 9.17) is 10.2 Å². The second kappa shape index (κ2) is 2.91. The van der Waals surface area contributed by atoms with Crippen LogP contribution in [0, 0.1) is 0 Å². The standard InChI is InChI=1S/C6H8O3/c1-4(5(2)7)3-6(8)9/h3,7H,2H2,1H3,(H,8,9). The molecule has 0 radical (unpaired) electrons. The van der Waals surface area contributed by atoms with Gasteiger partial charge in [0, 0.05) is 6.08 Å². The second-order valence-corrected chi connectivity index (χ2v) is 1.61. The molecular weight excluding hydrogens is 120 g/mol. The van der Waals surface area contributed by atoms with Crippen molar-refractivity contribution >= 4 is 5.97 Å². The summed E-state index contributed by atoms with van der Waals surface area (Å²) in [7, 11) is 0. The van der Waals surface area contributed by atoms with Gasteiger partial charge in [-0.25, -0.2) is 4.79 Å². The fourth-order valence-corrected chi connectivity index (χ4v) is 0.269. The fourth-order valence-electron chi connectivity index (χ4n) is 0.269. The Morgan fingerprint density at radius 2 is 2.00 bits per heavy atom. The van der Waals surface area contributed by atoms with Gasteiger partial charge in [0.15, 0.2) is 0 Å². The van der Waals surface area contributed by atoms with Crippen LogP contribution in [0.5, 0.6) is 0 Å². The van der Waals surface area contributed by atoms with Gasteiger partial charge < -0.3 is 10.2 Å². The van der Waals surface area contributed by atoms with Gasteiger partial charge in [0.25, 0.3) is 0 Å². The molecule has 0 aliphatic carbocycles. The first-order chi connectivity index (χ1) is 4.04. The number of aliphatic carboxylic acids is 1. The Kier molecular flexibility index (Phi) is 2.51. The number of hydrogen-bond acceptors (Lipinski definition) is 2. The van der Waals surface area contributed by atoms with Gasteiger partial charge in [0.05, 0.1) is 0 Å². The minimum atomic E-state index is -1.08. The third kappa shape index (κ3) is 3.34. The zero-order chi connectivity index (χ0) is 7.44. The summed E-state index contributed by atoms with van der Waals surface area (Å²) in [5.74, 6) is -1.29. The molecule has 0 saturated heterocycles. The van der Waals surface area contributed by atoms with E-state index in [2.05, 4.69) is 6.58 Å². The van der Waals surface area contributed by atoms with Crippen LogP contribution in [-0.4, -0.2) is 16.2 Å². The lowest BCUT2D eigenvalue weighted by atomic mass is 10.2. The lowest BCUT2D eigenvalue weighted by Crippen LogP contribution is -1.90. The van der Waals surface area contributed by atoms with Crippen LogP contribution in [0.15, 0.2) is 24.0 Å². The quantitative estimate of drug-likeness (QED) is 0.332. The summed E-state index contributed by atoms with van der Waals surface area (Å²) in [6.45, 7) is 4.60. The van der Waals surface area contributed by atoms with Crippen molar-refractivity contribution in [2.24, 2.45) is 0 Å². The molecule has 50 valence electrons. The molecular formula is C6H8O3. The Morgan fingerprint density at radius 1 is 1.56 bits per heavy atom. The Hall–Kier alpha value is -1.25. The number of carboxylic acids is 1. The van der Waals surface area contributed by atoms with Crippen LogP contribution < -0.4 is 0 Å². The van der Waals surface area contributed by atoms with Crippen LogP contribution in [0.25, 0.3) is 0 Å². The summed E-state index contributed by atoms with van der Waals surface area (Å²) < 4.78 is 0. The molecule has 0 rings (SSSR count). The number of aliphatic hydroxyl groups is 1. The van der Waals surface area contributed by atoms with E-state index in [1.165, 1.54) is 6.92 Å². The van der Waals surface area contributed by atoms with Gasteiger partial charge in [-0.05, 0) is 12.5 Å². The molecule has 0 heterocycles. The number of carbonyl (C=O) groups is 1. The topological polar surface area (TPSA) is 57.5 Å². The molecule has 0 saturated carbocycles. The number of aliphatic hydroxyl groups excluding tert-OH is 1. The van der Waals surface area contributed by atoms with E-state index in [0.717, 1.165) is 6.08 Å². The fraction of sp³-hybridized carbons (Fsp3) is 0.167. The highest BCUT2D eigenvalue weighted by atomic mass is 16.4. The molecule has 0 atom stereocenters. The number of allylic oxidation sites excluding steroid dienone is 1. The molecule has 0 aliphatic rings. The summed E-state index contributed by atoms with van der Waals surface area (Å²) in [6.07, 6.45) is 0.891. The zero-order valence-corrected chi connectivity index (χ0v) is 5.09. The van der Waals surface area contributed by atoms with Crippen molar-refractivity contribution in [1.82, 2.24) is 0 Å². The van der Waals surface area contributed by atoms with Gasteiger partial charge in [-0.2, -0.15) is 0 Å². The monoisotopic (exact) mass is 128 g/mol. The van der Waals surface area contributed by atoms with Gasteiger partial charge in [-0.15, -0.1) is 0 Å². The van der Waals surface area contributed by atoms with E-state index in [0.29, 0.717) is 0 Å². The lowest BCUT2D eigenvalue weighted by Gasteiger charge is -1.92. The van der Waals surface area contributed by atoms with Gasteiger partial charge in [-0.3, -0.25) is 0 Å². The van der Waals surface area contributed by atoms with Crippen LogP contribution in [0.1, 0.15) is 6.92 Å². The number of rotatable bonds is 2. The first kappa shape index (κ1) is 7.75. The predicted octanol–water partition coefficient (Wildman–Crippen LogP) is 1.09. The smallest absolute Gasteiger partial charge is 0.328 e. The number of hydrogen-bond donors (Lipinski definition) is 2. The summed E-state index contributed by atoms with van der Waals surface area (Å²) in [4.78, 5) is 9.89. The van der Waals surface area contributed by atoms with Gasteiger partial charge in [0.1, 0.15) is 5.76 Å². The van der Waals surface area contributed by atoms with E-state index in [-0.39, 0.29) is 11.3 Å². The normalized spacial score (nSPS) is 11.0. The highest BCUT2D eigenvalue weighted by Gasteiger charge is 1.94. The van der Waals surface area contributed by atoms with E-state index in [1.807, 2.05) is 0 Å². The molecule has 0 aromatic carbocycles. The summed E-state index contributed by atoms with van der Waals surface area (Å²) in [5, 5.41) is 16.6. The molecule has 2 N–H and O–H groups in total. The summed E-state index contributed by atoms with van der Waals surface area (Å²) in [5.41, 5.74) is 0.266. The third-order valence-electron chi connectivity index (χ3n) is 0.795. The largest absolute Gasteiger partial charge is 0.508 e. The van der Waals surface area contributed by atoms with Gasteiger partial charge in [0.2, 0.25) is 0 Å². The van der Waals surface area contributed by atoms with E-state index < -0.39 is 5.97 Å². The molecule has 0 bridgehead atoms. The summed E-state index contributed by atoms with van der Waals surface area (Å²) in [6, 6.07) is 0. The maximum absolute atomic E-state index is 9.89. The predicted molar refractivity (Wildman–Crippen MR) is 33.2 cm³/mol. The minimum Gasteiger partial charge on any atom is -0.508 e. The Balaban J connectivity index is 4.17. The maximum atomic E-state index is 9.89. The molecule has 9 heavy (non-hydrogen) atoms. The molecule has 0 fully saturated rings. The van der Waals surface area contributed by atoms with Crippen molar-refractivity contribution in [2.75, 3.05) is 0 Å². The number of carboxylic acid groups (broad SMARTS) is 1. The van der Waals surface area contributed by atoms with Crippen LogP contribution in [0.2, 0.25) is 0 Å². The highest BCUT2D eigenvalue weighted by molar-refractivity contribution is 5.81. The Bertz CT molecular complexity index is 167. The highest BCUT2D eigenvalue weighted by Crippen LogP contribution is 2.00. The average Bonchev–Trinajstić information content (AvgIpc) is 1.63. The molecule has 0 unspecified atom stereocenters. The van der Waals surface area contributed by atoms with Crippen molar-refractivity contribution in [3.05, 3.63) is 24.0 Å². The molecule has 0 aromatic rings. The van der Waals surface area contributed by atoms with Crippen molar-refractivity contribution < 1.29 is 15.0 Å². The van der Waals surface area contributed by atoms with Crippen molar-refractivity contribution in [3.63, 3.8) is 0 Å². The second-order valence-electron chi connectivity index (χ2n) is 1.61. The van der Waals surface area contributed by atoms with E-state index >= 15 is 0 Å². The molecule has 3 heteroatoms. The van der Waals surface area contributed by atoms with Gasteiger partial charge in [-0.1, -0.05) is 6.58 Å². The maximum Gasteiger partial charge on any atom is 0.328 e. The SMILES string of the molecule is C=C(O)C(C)=CC(=O)O. The molecule has 3 nitrogen and oxygen atoms in total. The van der Waals surface area contributed by atoms with Crippen LogP contribution >= 0.6 is 0 Å². The zero-order valence-electron chi connectivity index (χ0n) is 5.09. The van der Waals surface area contributed by atoms with Gasteiger partial charge >= 0.3 is 5.97 Å². The summed E-state index contributed by atoms with van der Waals surface area (Å²) >= 11 is 0. The average molecular weight is 128 g/mol. The van der Waals surface area contributed by atoms with E-state index in [1.54, 1.807) is 0 Å². The van der Waals surface area contributed by atoms with Crippen molar-refractivity contribution in [2.45, 2.75) is 6.92 Å². The molecule has 0 aromatic heterocycles. The molecule has 0 amide bonds. The van der Waals surface area contributed by atoms with E-state index in [9.17, 15) is 4.79 Å². The van der Waals surface area contributed by atoms with Crippen LogP contribution in [0.4, 0.5) is 0 Å².